The Kier molecular flexibility index (Phi) is 4.50. The molecule has 0 aliphatic heterocycles. The summed E-state index contributed by atoms with van der Waals surface area (Å²) in [6, 6.07) is 6.51. The molecule has 0 bridgehead atoms. The fourth-order valence-electron chi connectivity index (χ4n) is 2.73. The lowest BCUT2D eigenvalue weighted by atomic mass is 10.0. The Bertz CT molecular complexity index is 519. The van der Waals surface area contributed by atoms with E-state index in [2.05, 4.69) is 12.2 Å². The molecule has 0 aromatic heterocycles. The molecule has 0 radical (unpaired) electrons. The number of carboxylic acids is 1. The molecule has 0 unspecified atom stereocenters. The molecule has 21 heavy (non-hydrogen) atoms. The predicted molar refractivity (Wildman–Crippen MR) is 80.3 cm³/mol. The molecule has 1 aliphatic rings. The van der Waals surface area contributed by atoms with E-state index in [1.807, 2.05) is 0 Å². The first-order chi connectivity index (χ1) is 9.89. The van der Waals surface area contributed by atoms with E-state index in [-0.39, 0.29) is 17.1 Å². The van der Waals surface area contributed by atoms with Gasteiger partial charge in [-0.1, -0.05) is 25.0 Å². The van der Waals surface area contributed by atoms with E-state index >= 15 is 0 Å². The van der Waals surface area contributed by atoms with E-state index in [4.69, 9.17) is 5.11 Å². The minimum atomic E-state index is -0.943. The third kappa shape index (κ3) is 3.97. The fourth-order valence-corrected chi connectivity index (χ4v) is 2.73. The largest absolute Gasteiger partial charge is 0.478 e. The van der Waals surface area contributed by atoms with Crippen molar-refractivity contribution in [2.45, 2.75) is 44.7 Å². The van der Waals surface area contributed by atoms with Gasteiger partial charge in [-0.15, -0.1) is 0 Å². The van der Waals surface area contributed by atoms with Crippen molar-refractivity contribution in [3.05, 3.63) is 35.4 Å². The van der Waals surface area contributed by atoms with Crippen molar-refractivity contribution in [3.63, 3.8) is 0 Å². The van der Waals surface area contributed by atoms with E-state index in [9.17, 15) is 9.59 Å². The Morgan fingerprint density at radius 2 is 1.81 bits per heavy atom. The summed E-state index contributed by atoms with van der Waals surface area (Å²) in [4.78, 5) is 24.6. The maximum Gasteiger partial charge on any atom is 0.335 e. The van der Waals surface area contributed by atoms with Gasteiger partial charge in [0.15, 0.2) is 0 Å². The van der Waals surface area contributed by atoms with E-state index in [0.717, 1.165) is 31.2 Å². The molecule has 0 spiro atoms. The fraction of sp³-hybridized carbons (Fsp3) is 0.500. The predicted octanol–water partition coefficient (Wildman–Crippen LogP) is 2.86. The van der Waals surface area contributed by atoms with Gasteiger partial charge in [0, 0.05) is 19.1 Å². The normalized spacial score (nSPS) is 16.5. The smallest absolute Gasteiger partial charge is 0.335 e. The van der Waals surface area contributed by atoms with Gasteiger partial charge in [0.2, 0.25) is 0 Å². The minimum absolute atomic E-state index is 0.0817. The number of amides is 2. The molecule has 1 saturated carbocycles. The summed E-state index contributed by atoms with van der Waals surface area (Å²) in [5.41, 5.74) is 1.08. The van der Waals surface area contributed by atoms with Crippen LogP contribution in [0.5, 0.6) is 0 Å². The van der Waals surface area contributed by atoms with Crippen molar-refractivity contribution in [1.82, 2.24) is 10.2 Å². The van der Waals surface area contributed by atoms with Crippen LogP contribution in [0.3, 0.4) is 0 Å². The van der Waals surface area contributed by atoms with Crippen LogP contribution in [0.4, 0.5) is 4.79 Å². The van der Waals surface area contributed by atoms with Crippen molar-refractivity contribution in [2.75, 3.05) is 7.05 Å². The van der Waals surface area contributed by atoms with Crippen LogP contribution in [-0.2, 0) is 6.54 Å². The van der Waals surface area contributed by atoms with Gasteiger partial charge in [0.25, 0.3) is 0 Å². The molecule has 5 heteroatoms. The van der Waals surface area contributed by atoms with Gasteiger partial charge in [-0.05, 0) is 37.5 Å². The van der Waals surface area contributed by atoms with Gasteiger partial charge in [-0.3, -0.25) is 0 Å². The SMILES string of the molecule is CN(Cc1ccc(C(=O)O)cc1)C(=O)NC1(C)CCCC1. The number of nitrogens with one attached hydrogen (secondary N) is 1. The lowest BCUT2D eigenvalue weighted by molar-refractivity contribution is 0.0696. The van der Waals surface area contributed by atoms with Gasteiger partial charge in [0.05, 0.1) is 5.56 Å². The van der Waals surface area contributed by atoms with Crippen LogP contribution < -0.4 is 5.32 Å². The first-order valence-electron chi connectivity index (χ1n) is 7.25. The molecular formula is C16H22N2O3. The average Bonchev–Trinajstić information content (AvgIpc) is 2.85. The molecule has 0 heterocycles. The Hall–Kier alpha value is -2.04. The molecule has 1 aliphatic carbocycles. The van der Waals surface area contributed by atoms with Crippen LogP contribution in [0, 0.1) is 0 Å². The van der Waals surface area contributed by atoms with Crippen molar-refractivity contribution in [2.24, 2.45) is 0 Å². The zero-order valence-corrected chi connectivity index (χ0v) is 12.6. The van der Waals surface area contributed by atoms with Crippen LogP contribution in [0.25, 0.3) is 0 Å². The van der Waals surface area contributed by atoms with Crippen molar-refractivity contribution < 1.29 is 14.7 Å². The van der Waals surface area contributed by atoms with Gasteiger partial charge in [-0.2, -0.15) is 0 Å². The zero-order chi connectivity index (χ0) is 15.5. The summed E-state index contributed by atoms with van der Waals surface area (Å²) in [5.74, 6) is -0.943. The number of hydrogen-bond donors (Lipinski definition) is 2. The number of aromatic carboxylic acids is 1. The molecule has 1 aromatic carbocycles. The second-order valence-corrected chi connectivity index (χ2v) is 6.06. The zero-order valence-electron chi connectivity index (χ0n) is 12.6. The van der Waals surface area contributed by atoms with Crippen molar-refractivity contribution in [1.29, 1.82) is 0 Å². The summed E-state index contributed by atoms with van der Waals surface area (Å²) in [6.07, 6.45) is 4.38. The third-order valence-electron chi connectivity index (χ3n) is 4.08. The highest BCUT2D eigenvalue weighted by Gasteiger charge is 2.30. The molecule has 0 atom stereocenters. The van der Waals surface area contributed by atoms with Gasteiger partial charge >= 0.3 is 12.0 Å². The molecule has 2 amide bonds. The highest BCUT2D eigenvalue weighted by Crippen LogP contribution is 2.29. The number of rotatable bonds is 4. The Labute approximate surface area is 125 Å². The quantitative estimate of drug-likeness (QED) is 0.895. The number of nitrogens with zero attached hydrogens (tertiary/aromatic N) is 1. The molecule has 2 rings (SSSR count). The summed E-state index contributed by atoms with van der Waals surface area (Å²) < 4.78 is 0. The molecule has 114 valence electrons. The van der Waals surface area contributed by atoms with Crippen LogP contribution >= 0.6 is 0 Å². The maximum absolute atomic E-state index is 12.2. The van der Waals surface area contributed by atoms with Crippen LogP contribution in [0.15, 0.2) is 24.3 Å². The Morgan fingerprint density at radius 3 is 2.33 bits per heavy atom. The second-order valence-electron chi connectivity index (χ2n) is 6.06. The molecule has 1 aromatic rings. The number of hydrogen-bond acceptors (Lipinski definition) is 2. The summed E-state index contributed by atoms with van der Waals surface area (Å²) >= 11 is 0. The summed E-state index contributed by atoms with van der Waals surface area (Å²) in [5, 5.41) is 12.0. The average molecular weight is 290 g/mol. The van der Waals surface area contributed by atoms with Crippen LogP contribution in [0.2, 0.25) is 0 Å². The summed E-state index contributed by atoms with van der Waals surface area (Å²) in [7, 11) is 1.75. The standard InChI is InChI=1S/C16H22N2O3/c1-16(9-3-4-10-16)17-15(21)18(2)11-12-5-7-13(8-6-12)14(19)20/h5-8H,3-4,9-11H2,1-2H3,(H,17,21)(H,19,20). The molecule has 2 N–H and O–H groups in total. The van der Waals surface area contributed by atoms with Crippen molar-refractivity contribution >= 4 is 12.0 Å². The molecule has 5 nitrogen and oxygen atoms in total. The lowest BCUT2D eigenvalue weighted by Crippen LogP contribution is -2.48. The van der Waals surface area contributed by atoms with Crippen molar-refractivity contribution in [3.8, 4) is 0 Å². The molecule has 0 saturated heterocycles. The topological polar surface area (TPSA) is 69.6 Å². The van der Waals surface area contributed by atoms with Gasteiger partial charge in [0.1, 0.15) is 0 Å². The van der Waals surface area contributed by atoms with E-state index in [0.29, 0.717) is 6.54 Å². The second kappa shape index (κ2) is 6.16. The Balaban J connectivity index is 1.92. The highest BCUT2D eigenvalue weighted by molar-refractivity contribution is 5.87. The molecular weight excluding hydrogens is 268 g/mol. The minimum Gasteiger partial charge on any atom is -0.478 e. The first kappa shape index (κ1) is 15.4. The van der Waals surface area contributed by atoms with Gasteiger partial charge < -0.3 is 15.3 Å². The van der Waals surface area contributed by atoms with E-state index in [1.165, 1.54) is 0 Å². The maximum atomic E-state index is 12.2. The number of carbonyl (C=O) groups excluding carboxylic acids is 1. The first-order valence-corrected chi connectivity index (χ1v) is 7.25. The molecule has 1 fully saturated rings. The highest BCUT2D eigenvalue weighted by atomic mass is 16.4. The number of carboxylic acid groups (broad SMARTS) is 1. The summed E-state index contributed by atoms with van der Waals surface area (Å²) in [6.45, 7) is 2.55. The van der Waals surface area contributed by atoms with Gasteiger partial charge in [-0.25, -0.2) is 9.59 Å². The number of carbonyl (C=O) groups is 2. The monoisotopic (exact) mass is 290 g/mol. The van der Waals surface area contributed by atoms with E-state index < -0.39 is 5.97 Å². The van der Waals surface area contributed by atoms with Crippen LogP contribution in [-0.4, -0.2) is 34.6 Å². The third-order valence-corrected chi connectivity index (χ3v) is 4.08. The van der Waals surface area contributed by atoms with Crippen LogP contribution in [0.1, 0.15) is 48.5 Å². The number of urea groups is 1. The lowest BCUT2D eigenvalue weighted by Gasteiger charge is -2.28. The Morgan fingerprint density at radius 1 is 1.24 bits per heavy atom. The van der Waals surface area contributed by atoms with E-state index in [1.54, 1.807) is 36.2 Å². The number of benzene rings is 1.